The number of anilines is 1. The lowest BCUT2D eigenvalue weighted by molar-refractivity contribution is -0.143. The van der Waals surface area contributed by atoms with E-state index in [1.165, 1.54) is 17.8 Å². The Kier molecular flexibility index (Phi) is 8.73. The summed E-state index contributed by atoms with van der Waals surface area (Å²) in [6.45, 7) is 9.60. The summed E-state index contributed by atoms with van der Waals surface area (Å²) in [5.74, 6) is -1.21. The number of halogens is 2. The summed E-state index contributed by atoms with van der Waals surface area (Å²) in [4.78, 5) is 24.5. The minimum Gasteiger partial charge on any atom is -0.465 e. The third-order valence-electron chi connectivity index (χ3n) is 3.53. The van der Waals surface area contributed by atoms with Crippen LogP contribution in [0, 0.1) is 17.7 Å². The summed E-state index contributed by atoms with van der Waals surface area (Å²) in [5, 5.41) is 2.26. The van der Waals surface area contributed by atoms with Crippen molar-refractivity contribution in [3.63, 3.8) is 0 Å². The molecule has 0 aliphatic rings. The molecule has 1 N–H and O–H groups in total. The van der Waals surface area contributed by atoms with Crippen molar-refractivity contribution in [2.75, 3.05) is 11.9 Å². The fourth-order valence-electron chi connectivity index (χ4n) is 1.76. The molecule has 140 valence electrons. The van der Waals surface area contributed by atoms with Crippen LogP contribution in [0.2, 0.25) is 5.02 Å². The molecule has 0 fully saturated rings. The average Bonchev–Trinajstić information content (AvgIpc) is 2.55. The third kappa shape index (κ3) is 6.86. The molecule has 1 amide bonds. The molecule has 1 aromatic rings. The van der Waals surface area contributed by atoms with E-state index in [1.807, 2.05) is 20.8 Å². The number of nitrogens with one attached hydrogen (secondary N) is 1. The first-order valence-electron chi connectivity index (χ1n) is 8.28. The highest BCUT2D eigenvalue weighted by atomic mass is 35.5. The highest BCUT2D eigenvalue weighted by molar-refractivity contribution is 8.00. The molecule has 0 saturated carbocycles. The molecule has 1 rings (SSSR count). The molecule has 0 saturated heterocycles. The molecule has 1 aromatic carbocycles. The minimum atomic E-state index is -0.610. The maximum absolute atomic E-state index is 14.1. The van der Waals surface area contributed by atoms with E-state index in [0.29, 0.717) is 17.9 Å². The molecular formula is C18H25ClFNO3S. The fraction of sp³-hybridized carbons (Fsp3) is 0.556. The molecule has 7 heteroatoms. The lowest BCUT2D eigenvalue weighted by Crippen LogP contribution is -2.21. The topological polar surface area (TPSA) is 55.4 Å². The van der Waals surface area contributed by atoms with E-state index in [9.17, 15) is 14.0 Å². The number of hydrogen-bond donors (Lipinski definition) is 1. The maximum atomic E-state index is 14.1. The van der Waals surface area contributed by atoms with Crippen LogP contribution in [-0.4, -0.2) is 23.7 Å². The first-order chi connectivity index (χ1) is 11.6. The average molecular weight is 390 g/mol. The Morgan fingerprint density at radius 1 is 1.28 bits per heavy atom. The Hall–Kier alpha value is -1.27. The van der Waals surface area contributed by atoms with Gasteiger partial charge in [0.25, 0.3) is 0 Å². The normalized spacial score (nSPS) is 13.4. The molecular weight excluding hydrogens is 365 g/mol. The van der Waals surface area contributed by atoms with E-state index in [1.54, 1.807) is 13.8 Å². The molecule has 0 aromatic heterocycles. The molecule has 0 heterocycles. The lowest BCUT2D eigenvalue weighted by Gasteiger charge is -2.15. The lowest BCUT2D eigenvalue weighted by atomic mass is 10.1. The van der Waals surface area contributed by atoms with Gasteiger partial charge in [0.15, 0.2) is 0 Å². The number of esters is 1. The van der Waals surface area contributed by atoms with Crippen LogP contribution in [0.5, 0.6) is 0 Å². The first kappa shape index (κ1) is 21.8. The van der Waals surface area contributed by atoms with E-state index in [-0.39, 0.29) is 34.4 Å². The van der Waals surface area contributed by atoms with Crippen LogP contribution in [0.3, 0.4) is 0 Å². The number of rotatable bonds is 8. The minimum absolute atomic E-state index is 0.0555. The second-order valence-electron chi connectivity index (χ2n) is 6.34. The smallest absolute Gasteiger partial charge is 0.319 e. The Balaban J connectivity index is 2.88. The zero-order valence-corrected chi connectivity index (χ0v) is 16.8. The predicted molar refractivity (Wildman–Crippen MR) is 101 cm³/mol. The van der Waals surface area contributed by atoms with Crippen molar-refractivity contribution in [1.82, 2.24) is 0 Å². The molecule has 25 heavy (non-hydrogen) atoms. The first-order valence-corrected chi connectivity index (χ1v) is 9.54. The Bertz CT molecular complexity index is 625. The number of benzene rings is 1. The van der Waals surface area contributed by atoms with Crippen molar-refractivity contribution in [2.24, 2.45) is 11.8 Å². The molecule has 2 unspecified atom stereocenters. The number of carbonyl (C=O) groups is 2. The van der Waals surface area contributed by atoms with Crippen molar-refractivity contribution in [3.8, 4) is 0 Å². The van der Waals surface area contributed by atoms with Gasteiger partial charge in [-0.25, -0.2) is 4.39 Å². The van der Waals surface area contributed by atoms with E-state index < -0.39 is 11.1 Å². The molecule has 0 aliphatic carbocycles. The predicted octanol–water partition coefficient (Wildman–Crippen LogP) is 5.14. The number of amides is 1. The molecule has 0 spiro atoms. The Morgan fingerprint density at radius 2 is 1.92 bits per heavy atom. The van der Waals surface area contributed by atoms with Crippen molar-refractivity contribution in [2.45, 2.75) is 51.2 Å². The summed E-state index contributed by atoms with van der Waals surface area (Å²) in [6.07, 6.45) is 0.654. The summed E-state index contributed by atoms with van der Waals surface area (Å²) >= 11 is 7.25. The molecule has 4 nitrogen and oxygen atoms in total. The highest BCUT2D eigenvalue weighted by Crippen LogP contribution is 2.35. The van der Waals surface area contributed by atoms with E-state index in [4.69, 9.17) is 16.3 Å². The molecule has 2 atom stereocenters. The van der Waals surface area contributed by atoms with Crippen molar-refractivity contribution in [1.29, 1.82) is 0 Å². The highest BCUT2D eigenvalue weighted by Gasteiger charge is 2.20. The summed E-state index contributed by atoms with van der Waals surface area (Å²) in [7, 11) is 0. The summed E-state index contributed by atoms with van der Waals surface area (Å²) < 4.78 is 19.3. The van der Waals surface area contributed by atoms with Crippen molar-refractivity contribution < 1.29 is 18.7 Å². The fourth-order valence-corrected chi connectivity index (χ4v) is 2.95. The summed E-state index contributed by atoms with van der Waals surface area (Å²) in [5.41, 5.74) is 0.0555. The zero-order valence-electron chi connectivity index (χ0n) is 15.2. The van der Waals surface area contributed by atoms with E-state index in [0.717, 1.165) is 6.07 Å². The number of thioether (sulfide) groups is 1. The van der Waals surface area contributed by atoms with Crippen molar-refractivity contribution in [3.05, 3.63) is 23.0 Å². The van der Waals surface area contributed by atoms with Gasteiger partial charge in [0.05, 0.1) is 17.3 Å². The van der Waals surface area contributed by atoms with E-state index >= 15 is 0 Å². The van der Waals surface area contributed by atoms with Crippen LogP contribution < -0.4 is 5.32 Å². The second kappa shape index (κ2) is 10.0. The van der Waals surface area contributed by atoms with Gasteiger partial charge in [-0.3, -0.25) is 9.59 Å². The quantitative estimate of drug-likeness (QED) is 0.493. The van der Waals surface area contributed by atoms with E-state index in [2.05, 4.69) is 5.32 Å². The Morgan fingerprint density at radius 3 is 2.48 bits per heavy atom. The summed E-state index contributed by atoms with van der Waals surface area (Å²) in [6, 6.07) is 2.59. The molecule has 0 bridgehead atoms. The van der Waals surface area contributed by atoms with Gasteiger partial charge in [-0.15, -0.1) is 11.8 Å². The zero-order chi connectivity index (χ0) is 19.1. The van der Waals surface area contributed by atoms with Gasteiger partial charge in [-0.05, 0) is 31.4 Å². The van der Waals surface area contributed by atoms with Crippen LogP contribution in [0.1, 0.15) is 41.0 Å². The van der Waals surface area contributed by atoms with Crippen LogP contribution in [-0.2, 0) is 14.3 Å². The standard InChI is InChI=1S/C18H25ClFNO3S/c1-6-11(4)17(22)21-15-8-16(13(19)7-14(15)20)25-12(5)18(23)24-9-10(2)3/h7-8,10-12H,6,9H2,1-5H3,(H,21,22). The SMILES string of the molecule is CCC(C)C(=O)Nc1cc(SC(C)C(=O)OCC(C)C)c(Cl)cc1F. The number of hydrogen-bond acceptors (Lipinski definition) is 4. The molecule has 0 radical (unpaired) electrons. The second-order valence-corrected chi connectivity index (χ2v) is 8.13. The van der Waals surface area contributed by atoms with Gasteiger partial charge in [-0.2, -0.15) is 0 Å². The van der Waals surface area contributed by atoms with Gasteiger partial charge >= 0.3 is 5.97 Å². The largest absolute Gasteiger partial charge is 0.465 e. The maximum Gasteiger partial charge on any atom is 0.319 e. The Labute approximate surface area is 157 Å². The van der Waals surface area contributed by atoms with Gasteiger partial charge in [-0.1, -0.05) is 39.3 Å². The monoisotopic (exact) mass is 389 g/mol. The molecule has 0 aliphatic heterocycles. The van der Waals surface area contributed by atoms with Gasteiger partial charge in [0.1, 0.15) is 11.1 Å². The van der Waals surface area contributed by atoms with Crippen LogP contribution in [0.15, 0.2) is 17.0 Å². The number of ether oxygens (including phenoxy) is 1. The number of carbonyl (C=O) groups excluding carboxylic acids is 2. The third-order valence-corrected chi connectivity index (χ3v) is 5.10. The van der Waals surface area contributed by atoms with Crippen LogP contribution in [0.25, 0.3) is 0 Å². The van der Waals surface area contributed by atoms with Crippen molar-refractivity contribution >= 4 is 40.9 Å². The van der Waals surface area contributed by atoms with Gasteiger partial charge in [0.2, 0.25) is 5.91 Å². The van der Waals surface area contributed by atoms with Gasteiger partial charge in [0, 0.05) is 10.8 Å². The van der Waals surface area contributed by atoms with Crippen LogP contribution >= 0.6 is 23.4 Å². The van der Waals surface area contributed by atoms with Gasteiger partial charge < -0.3 is 10.1 Å². The van der Waals surface area contributed by atoms with Crippen LogP contribution in [0.4, 0.5) is 10.1 Å².